The summed E-state index contributed by atoms with van der Waals surface area (Å²) in [5.41, 5.74) is 11.3. The van der Waals surface area contributed by atoms with Crippen molar-refractivity contribution in [2.24, 2.45) is 0 Å². The molecular formula is C8H14N2. The number of hydrogen-bond donors (Lipinski definition) is 2. The normalized spacial score (nSPS) is 18.8. The van der Waals surface area contributed by atoms with Crippen molar-refractivity contribution >= 4 is 0 Å². The Kier molecular flexibility index (Phi) is 1.70. The van der Waals surface area contributed by atoms with Crippen LogP contribution in [0.3, 0.4) is 0 Å². The Labute approximate surface area is 62.0 Å². The summed E-state index contributed by atoms with van der Waals surface area (Å²) in [5.74, 6) is 0. The molecule has 10 heavy (non-hydrogen) atoms. The van der Waals surface area contributed by atoms with Crippen LogP contribution in [0.15, 0.2) is 22.5 Å². The lowest BCUT2D eigenvalue weighted by Crippen LogP contribution is -2.33. The molecule has 0 aromatic heterocycles. The molecule has 0 fully saturated rings. The summed E-state index contributed by atoms with van der Waals surface area (Å²) in [7, 11) is 0. The Hall–Kier alpha value is -0.920. The molecule has 0 atom stereocenters. The second kappa shape index (κ2) is 2.37. The molecule has 2 N–H and O–H groups in total. The van der Waals surface area contributed by atoms with E-state index in [4.69, 9.17) is 0 Å². The van der Waals surface area contributed by atoms with Crippen LogP contribution in [-0.4, -0.2) is 0 Å². The van der Waals surface area contributed by atoms with Crippen LogP contribution in [0.1, 0.15) is 27.7 Å². The van der Waals surface area contributed by atoms with Crippen LogP contribution in [0.5, 0.6) is 0 Å². The fourth-order valence-electron chi connectivity index (χ4n) is 0.938. The SMILES string of the molecule is CC1=C(C)C(C)=C(C)NN1. The van der Waals surface area contributed by atoms with Gasteiger partial charge in [0.2, 0.25) is 0 Å². The van der Waals surface area contributed by atoms with Gasteiger partial charge in [0.1, 0.15) is 0 Å². The lowest BCUT2D eigenvalue weighted by molar-refractivity contribution is 0.657. The van der Waals surface area contributed by atoms with Crippen molar-refractivity contribution in [2.75, 3.05) is 0 Å². The first kappa shape index (κ1) is 7.19. The van der Waals surface area contributed by atoms with Gasteiger partial charge < -0.3 is 10.9 Å². The molecule has 0 spiro atoms. The number of nitrogens with one attached hydrogen (secondary N) is 2. The molecule has 56 valence electrons. The quantitative estimate of drug-likeness (QED) is 0.532. The van der Waals surface area contributed by atoms with Crippen LogP contribution in [0.25, 0.3) is 0 Å². The van der Waals surface area contributed by atoms with Gasteiger partial charge in [0, 0.05) is 11.4 Å². The van der Waals surface area contributed by atoms with Gasteiger partial charge >= 0.3 is 0 Å². The molecule has 1 heterocycles. The van der Waals surface area contributed by atoms with Gasteiger partial charge in [-0.15, -0.1) is 0 Å². The van der Waals surface area contributed by atoms with Gasteiger partial charge in [-0.25, -0.2) is 0 Å². The minimum atomic E-state index is 1.21. The zero-order valence-corrected chi connectivity index (χ0v) is 7.00. The Morgan fingerprint density at radius 1 is 0.700 bits per heavy atom. The number of hydrazine groups is 1. The molecule has 2 nitrogen and oxygen atoms in total. The summed E-state index contributed by atoms with van der Waals surface area (Å²) < 4.78 is 0. The molecule has 2 heteroatoms. The fourth-order valence-corrected chi connectivity index (χ4v) is 0.938. The van der Waals surface area contributed by atoms with Crippen molar-refractivity contribution in [2.45, 2.75) is 27.7 Å². The van der Waals surface area contributed by atoms with Crippen LogP contribution in [-0.2, 0) is 0 Å². The lowest BCUT2D eigenvalue weighted by Gasteiger charge is -2.21. The Morgan fingerprint density at radius 3 is 1.30 bits per heavy atom. The average Bonchev–Trinajstić information content (AvgIpc) is 1.93. The van der Waals surface area contributed by atoms with Crippen molar-refractivity contribution < 1.29 is 0 Å². The van der Waals surface area contributed by atoms with Gasteiger partial charge in [0.25, 0.3) is 0 Å². The zero-order valence-electron chi connectivity index (χ0n) is 7.00. The van der Waals surface area contributed by atoms with E-state index in [1.54, 1.807) is 0 Å². The molecule has 0 amide bonds. The number of rotatable bonds is 0. The van der Waals surface area contributed by atoms with E-state index in [9.17, 15) is 0 Å². The molecule has 0 saturated carbocycles. The van der Waals surface area contributed by atoms with E-state index >= 15 is 0 Å². The summed E-state index contributed by atoms with van der Waals surface area (Å²) in [5, 5.41) is 0. The molecule has 1 aliphatic heterocycles. The van der Waals surface area contributed by atoms with Crippen molar-refractivity contribution in [1.82, 2.24) is 10.9 Å². The molecule has 0 aliphatic carbocycles. The van der Waals surface area contributed by atoms with Gasteiger partial charge in [-0.05, 0) is 38.8 Å². The fraction of sp³-hybridized carbons (Fsp3) is 0.500. The predicted molar refractivity (Wildman–Crippen MR) is 43.0 cm³/mol. The second-order valence-corrected chi connectivity index (χ2v) is 2.75. The predicted octanol–water partition coefficient (Wildman–Crippen LogP) is 1.68. The second-order valence-electron chi connectivity index (χ2n) is 2.75. The van der Waals surface area contributed by atoms with Crippen molar-refractivity contribution in [1.29, 1.82) is 0 Å². The highest BCUT2D eigenvalue weighted by atomic mass is 15.4. The third-order valence-electron chi connectivity index (χ3n) is 2.12. The average molecular weight is 138 g/mol. The van der Waals surface area contributed by atoms with Gasteiger partial charge in [-0.2, -0.15) is 0 Å². The molecule has 1 rings (SSSR count). The first-order chi connectivity index (χ1) is 4.63. The Bertz CT molecular complexity index is 187. The third-order valence-corrected chi connectivity index (χ3v) is 2.12. The smallest absolute Gasteiger partial charge is 0.0315 e. The summed E-state index contributed by atoms with van der Waals surface area (Å²) in [6, 6.07) is 0. The molecule has 1 aliphatic rings. The standard InChI is InChI=1S/C8H14N2/c1-5-6(2)8(4)10-9-7(5)3/h9-10H,1-4H3. The minimum absolute atomic E-state index is 1.21. The van der Waals surface area contributed by atoms with E-state index in [2.05, 4.69) is 38.5 Å². The highest BCUT2D eigenvalue weighted by Gasteiger charge is 2.07. The van der Waals surface area contributed by atoms with E-state index < -0.39 is 0 Å². The topological polar surface area (TPSA) is 24.1 Å². The highest BCUT2D eigenvalue weighted by Crippen LogP contribution is 2.17. The number of allylic oxidation sites excluding steroid dienone is 4. The first-order valence-electron chi connectivity index (χ1n) is 3.50. The zero-order chi connectivity index (χ0) is 7.72. The molecule has 0 bridgehead atoms. The maximum atomic E-state index is 3.08. The van der Waals surface area contributed by atoms with Crippen LogP contribution in [0.2, 0.25) is 0 Å². The van der Waals surface area contributed by atoms with E-state index in [1.807, 2.05) is 0 Å². The van der Waals surface area contributed by atoms with Gasteiger partial charge in [-0.3, -0.25) is 0 Å². The van der Waals surface area contributed by atoms with Crippen molar-refractivity contribution in [3.8, 4) is 0 Å². The maximum Gasteiger partial charge on any atom is 0.0315 e. The van der Waals surface area contributed by atoms with E-state index in [-0.39, 0.29) is 0 Å². The third kappa shape index (κ3) is 1.01. The lowest BCUT2D eigenvalue weighted by atomic mass is 10.1. The molecule has 0 radical (unpaired) electrons. The van der Waals surface area contributed by atoms with Crippen LogP contribution >= 0.6 is 0 Å². The summed E-state index contributed by atoms with van der Waals surface area (Å²) in [6.45, 7) is 8.39. The first-order valence-corrected chi connectivity index (χ1v) is 3.50. The van der Waals surface area contributed by atoms with Gasteiger partial charge in [0.05, 0.1) is 0 Å². The molecule has 0 saturated heterocycles. The highest BCUT2D eigenvalue weighted by molar-refractivity contribution is 5.36. The largest absolute Gasteiger partial charge is 0.305 e. The minimum Gasteiger partial charge on any atom is -0.305 e. The summed E-state index contributed by atoms with van der Waals surface area (Å²) in [6.07, 6.45) is 0. The van der Waals surface area contributed by atoms with Crippen LogP contribution in [0.4, 0.5) is 0 Å². The van der Waals surface area contributed by atoms with Crippen LogP contribution in [0, 0.1) is 0 Å². The molecule has 0 aromatic carbocycles. The van der Waals surface area contributed by atoms with E-state index in [1.165, 1.54) is 22.5 Å². The number of hydrogen-bond acceptors (Lipinski definition) is 2. The maximum absolute atomic E-state index is 3.08. The Morgan fingerprint density at radius 2 is 1.00 bits per heavy atom. The molecule has 0 aromatic rings. The van der Waals surface area contributed by atoms with Crippen molar-refractivity contribution in [3.63, 3.8) is 0 Å². The Balaban J connectivity index is 3.01. The van der Waals surface area contributed by atoms with Crippen molar-refractivity contribution in [3.05, 3.63) is 22.5 Å². The van der Waals surface area contributed by atoms with E-state index in [0.29, 0.717) is 0 Å². The molecular weight excluding hydrogens is 124 g/mol. The van der Waals surface area contributed by atoms with Gasteiger partial charge in [0.15, 0.2) is 0 Å². The molecule has 0 unspecified atom stereocenters. The van der Waals surface area contributed by atoms with Gasteiger partial charge in [-0.1, -0.05) is 0 Å². The summed E-state index contributed by atoms with van der Waals surface area (Å²) >= 11 is 0. The monoisotopic (exact) mass is 138 g/mol. The van der Waals surface area contributed by atoms with Crippen LogP contribution < -0.4 is 10.9 Å². The van der Waals surface area contributed by atoms with E-state index in [0.717, 1.165) is 0 Å². The summed E-state index contributed by atoms with van der Waals surface area (Å²) in [4.78, 5) is 0.